The zero-order chi connectivity index (χ0) is 14.8. The lowest BCUT2D eigenvalue weighted by Gasteiger charge is -2.06. The van der Waals surface area contributed by atoms with Crippen molar-refractivity contribution in [2.45, 2.75) is 4.90 Å². The van der Waals surface area contributed by atoms with Crippen molar-refractivity contribution >= 4 is 15.7 Å². The number of carbonyl (C=O) groups excluding carboxylic acids is 1. The molecule has 0 saturated heterocycles. The van der Waals surface area contributed by atoms with E-state index in [-0.39, 0.29) is 10.8 Å². The second-order valence-corrected chi connectivity index (χ2v) is 6.47. The highest BCUT2D eigenvalue weighted by Gasteiger charge is 2.08. The molecule has 1 N–H and O–H groups in total. The first kappa shape index (κ1) is 14.3. The molecule has 0 fully saturated rings. The van der Waals surface area contributed by atoms with Gasteiger partial charge in [-0.2, -0.15) is 0 Å². The molecule has 0 aromatic heterocycles. The van der Waals surface area contributed by atoms with Crippen LogP contribution in [0.5, 0.6) is 0 Å². The molecule has 104 valence electrons. The minimum absolute atomic E-state index is 0.153. The molecule has 2 aromatic carbocycles. The third-order valence-corrected chi connectivity index (χ3v) is 4.10. The van der Waals surface area contributed by atoms with E-state index in [1.807, 2.05) is 6.07 Å². The van der Waals surface area contributed by atoms with Crippen LogP contribution in [0.25, 0.3) is 11.1 Å². The Hall–Kier alpha value is -2.14. The number of rotatable bonds is 3. The highest BCUT2D eigenvalue weighted by atomic mass is 32.2. The lowest BCUT2D eigenvalue weighted by Crippen LogP contribution is -2.17. The monoisotopic (exact) mass is 289 g/mol. The number of sulfone groups is 1. The second-order valence-electron chi connectivity index (χ2n) is 4.46. The lowest BCUT2D eigenvalue weighted by atomic mass is 10.0. The first-order valence-electron chi connectivity index (χ1n) is 6.04. The van der Waals surface area contributed by atoms with Crippen molar-refractivity contribution in [1.29, 1.82) is 0 Å². The molecule has 4 nitrogen and oxygen atoms in total. The Morgan fingerprint density at radius 1 is 1.00 bits per heavy atom. The molecule has 0 atom stereocenters. The van der Waals surface area contributed by atoms with E-state index in [0.717, 1.165) is 11.1 Å². The highest BCUT2D eigenvalue weighted by Crippen LogP contribution is 2.22. The van der Waals surface area contributed by atoms with Gasteiger partial charge in [0.1, 0.15) is 0 Å². The standard InChI is InChI=1S/C15H15NO3S/c1-16-15(17)13-5-3-4-12(10-13)11-6-8-14(9-7-11)20(2,18)19/h3-10H,1-2H3,(H,16,17). The van der Waals surface area contributed by atoms with Crippen molar-refractivity contribution in [3.63, 3.8) is 0 Å². The van der Waals surface area contributed by atoms with Crippen molar-refractivity contribution in [2.24, 2.45) is 0 Å². The van der Waals surface area contributed by atoms with Gasteiger partial charge in [0, 0.05) is 18.9 Å². The molecular formula is C15H15NO3S. The van der Waals surface area contributed by atoms with Crippen LogP contribution in [0.2, 0.25) is 0 Å². The van der Waals surface area contributed by atoms with Crippen LogP contribution < -0.4 is 5.32 Å². The number of nitrogens with one attached hydrogen (secondary N) is 1. The van der Waals surface area contributed by atoms with E-state index in [2.05, 4.69) is 5.32 Å². The Labute approximate surface area is 118 Å². The first-order valence-corrected chi connectivity index (χ1v) is 7.93. The highest BCUT2D eigenvalue weighted by molar-refractivity contribution is 7.90. The van der Waals surface area contributed by atoms with Crippen LogP contribution in [-0.2, 0) is 9.84 Å². The van der Waals surface area contributed by atoms with Crippen LogP contribution >= 0.6 is 0 Å². The van der Waals surface area contributed by atoms with Gasteiger partial charge < -0.3 is 5.32 Å². The summed E-state index contributed by atoms with van der Waals surface area (Å²) in [6, 6.07) is 13.8. The van der Waals surface area contributed by atoms with Crippen molar-refractivity contribution in [3.05, 3.63) is 54.1 Å². The Morgan fingerprint density at radius 3 is 2.20 bits per heavy atom. The summed E-state index contributed by atoms with van der Waals surface area (Å²) in [5, 5.41) is 2.57. The van der Waals surface area contributed by atoms with Crippen molar-refractivity contribution in [1.82, 2.24) is 5.32 Å². The minimum atomic E-state index is -3.19. The zero-order valence-corrected chi connectivity index (χ0v) is 12.1. The quantitative estimate of drug-likeness (QED) is 0.941. The summed E-state index contributed by atoms with van der Waals surface area (Å²) in [7, 11) is -1.61. The smallest absolute Gasteiger partial charge is 0.251 e. The molecule has 0 aliphatic carbocycles. The molecule has 0 saturated carbocycles. The van der Waals surface area contributed by atoms with E-state index in [4.69, 9.17) is 0 Å². The van der Waals surface area contributed by atoms with E-state index in [9.17, 15) is 13.2 Å². The molecule has 0 heterocycles. The van der Waals surface area contributed by atoms with E-state index in [1.54, 1.807) is 49.5 Å². The lowest BCUT2D eigenvalue weighted by molar-refractivity contribution is 0.0963. The number of hydrogen-bond donors (Lipinski definition) is 1. The normalized spacial score (nSPS) is 11.1. The van der Waals surface area contributed by atoms with Crippen molar-refractivity contribution < 1.29 is 13.2 Å². The predicted octanol–water partition coefficient (Wildman–Crippen LogP) is 2.12. The Balaban J connectivity index is 2.40. The Kier molecular flexibility index (Phi) is 3.90. The van der Waals surface area contributed by atoms with Gasteiger partial charge in [0.05, 0.1) is 4.90 Å². The van der Waals surface area contributed by atoms with E-state index in [1.165, 1.54) is 6.26 Å². The number of hydrogen-bond acceptors (Lipinski definition) is 3. The van der Waals surface area contributed by atoms with Gasteiger partial charge in [0.25, 0.3) is 5.91 Å². The number of benzene rings is 2. The summed E-state index contributed by atoms with van der Waals surface area (Å²) in [5.41, 5.74) is 2.30. The van der Waals surface area contributed by atoms with Crippen LogP contribution in [-0.4, -0.2) is 27.6 Å². The molecule has 0 unspecified atom stereocenters. The molecule has 2 rings (SSSR count). The number of amides is 1. The third kappa shape index (κ3) is 3.05. The molecule has 0 radical (unpaired) electrons. The molecule has 0 aliphatic heterocycles. The third-order valence-electron chi connectivity index (χ3n) is 2.97. The van der Waals surface area contributed by atoms with Gasteiger partial charge in [-0.15, -0.1) is 0 Å². The molecule has 1 amide bonds. The van der Waals surface area contributed by atoms with Crippen LogP contribution in [0.4, 0.5) is 0 Å². The Morgan fingerprint density at radius 2 is 1.65 bits per heavy atom. The minimum Gasteiger partial charge on any atom is -0.355 e. The van der Waals surface area contributed by atoms with Gasteiger partial charge in [0.15, 0.2) is 9.84 Å². The summed E-state index contributed by atoms with van der Waals surface area (Å²) in [5.74, 6) is -0.153. The van der Waals surface area contributed by atoms with Gasteiger partial charge in [-0.1, -0.05) is 24.3 Å². The van der Waals surface area contributed by atoms with Gasteiger partial charge >= 0.3 is 0 Å². The Bertz CT molecular complexity index is 734. The molecule has 5 heteroatoms. The van der Waals surface area contributed by atoms with E-state index in [0.29, 0.717) is 5.56 Å². The summed E-state index contributed by atoms with van der Waals surface area (Å²) in [6.45, 7) is 0. The van der Waals surface area contributed by atoms with Gasteiger partial charge in [-0.25, -0.2) is 8.42 Å². The predicted molar refractivity (Wildman–Crippen MR) is 78.4 cm³/mol. The van der Waals surface area contributed by atoms with Crippen LogP contribution in [0.15, 0.2) is 53.4 Å². The van der Waals surface area contributed by atoms with Gasteiger partial charge in [0.2, 0.25) is 0 Å². The fourth-order valence-corrected chi connectivity index (χ4v) is 2.51. The van der Waals surface area contributed by atoms with Crippen molar-refractivity contribution in [2.75, 3.05) is 13.3 Å². The average Bonchev–Trinajstić information content (AvgIpc) is 2.46. The summed E-state index contributed by atoms with van der Waals surface area (Å²) in [6.07, 6.45) is 1.17. The second kappa shape index (κ2) is 5.46. The molecule has 0 bridgehead atoms. The molecule has 20 heavy (non-hydrogen) atoms. The zero-order valence-electron chi connectivity index (χ0n) is 11.3. The average molecular weight is 289 g/mol. The van der Waals surface area contributed by atoms with E-state index >= 15 is 0 Å². The summed E-state index contributed by atoms with van der Waals surface area (Å²) < 4.78 is 22.8. The molecular weight excluding hydrogens is 274 g/mol. The first-order chi connectivity index (χ1) is 9.41. The van der Waals surface area contributed by atoms with Crippen LogP contribution in [0.3, 0.4) is 0 Å². The summed E-state index contributed by atoms with van der Waals surface area (Å²) >= 11 is 0. The maximum atomic E-state index is 11.6. The van der Waals surface area contributed by atoms with Crippen LogP contribution in [0.1, 0.15) is 10.4 Å². The van der Waals surface area contributed by atoms with Crippen molar-refractivity contribution in [3.8, 4) is 11.1 Å². The SMILES string of the molecule is CNC(=O)c1cccc(-c2ccc(S(C)(=O)=O)cc2)c1. The topological polar surface area (TPSA) is 63.2 Å². The largest absolute Gasteiger partial charge is 0.355 e. The van der Waals surface area contributed by atoms with Crippen LogP contribution in [0, 0.1) is 0 Å². The molecule has 2 aromatic rings. The fourth-order valence-electron chi connectivity index (χ4n) is 1.88. The fraction of sp³-hybridized carbons (Fsp3) is 0.133. The maximum absolute atomic E-state index is 11.6. The van der Waals surface area contributed by atoms with Gasteiger partial charge in [-0.05, 0) is 35.4 Å². The summed E-state index contributed by atoms with van der Waals surface area (Å²) in [4.78, 5) is 11.9. The van der Waals surface area contributed by atoms with E-state index < -0.39 is 9.84 Å². The molecule has 0 spiro atoms. The number of carbonyl (C=O) groups is 1. The maximum Gasteiger partial charge on any atom is 0.251 e. The van der Waals surface area contributed by atoms with Gasteiger partial charge in [-0.3, -0.25) is 4.79 Å². The molecule has 0 aliphatic rings.